The highest BCUT2D eigenvalue weighted by molar-refractivity contribution is 5.85. The minimum absolute atomic E-state index is 0.175. The molecule has 0 radical (unpaired) electrons. The minimum Gasteiger partial charge on any atom is -0.349 e. The van der Waals surface area contributed by atoms with E-state index in [0.29, 0.717) is 0 Å². The van der Waals surface area contributed by atoms with E-state index in [-0.39, 0.29) is 11.8 Å². The first-order chi connectivity index (χ1) is 5.61. The minimum atomic E-state index is 0.175. The van der Waals surface area contributed by atoms with Crippen molar-refractivity contribution in [2.75, 3.05) is 14.1 Å². The van der Waals surface area contributed by atoms with Crippen LogP contribution < -0.4 is 0 Å². The van der Waals surface area contributed by atoms with Crippen molar-refractivity contribution in [2.24, 2.45) is 5.92 Å². The third kappa shape index (κ3) is 2.06. The number of hydrogen-bond donors (Lipinski definition) is 1. The van der Waals surface area contributed by atoms with E-state index in [2.05, 4.69) is 0 Å². The van der Waals surface area contributed by atoms with E-state index in [4.69, 9.17) is 5.41 Å². The Labute approximate surface area is 73.3 Å². The lowest BCUT2D eigenvalue weighted by atomic mass is 9.87. The van der Waals surface area contributed by atoms with Crippen LogP contribution in [0.15, 0.2) is 0 Å². The summed E-state index contributed by atoms with van der Waals surface area (Å²) in [6, 6.07) is 0. The molecule has 0 bridgehead atoms. The molecule has 1 amide bonds. The van der Waals surface area contributed by atoms with Crippen LogP contribution in [-0.4, -0.2) is 30.6 Å². The van der Waals surface area contributed by atoms with E-state index >= 15 is 0 Å². The van der Waals surface area contributed by atoms with Gasteiger partial charge in [0, 0.05) is 25.7 Å². The Bertz CT molecular complexity index is 189. The number of amides is 1. The molecule has 1 rings (SSSR count). The van der Waals surface area contributed by atoms with Gasteiger partial charge in [-0.05, 0) is 25.7 Å². The van der Waals surface area contributed by atoms with Gasteiger partial charge in [0.05, 0.1) is 0 Å². The van der Waals surface area contributed by atoms with Gasteiger partial charge in [0.25, 0.3) is 0 Å². The number of nitrogens with zero attached hydrogens (tertiary/aromatic N) is 1. The van der Waals surface area contributed by atoms with E-state index in [1.165, 1.54) is 0 Å². The zero-order valence-corrected chi connectivity index (χ0v) is 7.76. The molecule has 0 aliphatic heterocycles. The largest absolute Gasteiger partial charge is 0.349 e. The van der Waals surface area contributed by atoms with Gasteiger partial charge < -0.3 is 10.3 Å². The molecule has 0 aromatic carbocycles. The van der Waals surface area contributed by atoms with E-state index in [1.807, 2.05) is 0 Å². The predicted molar refractivity (Wildman–Crippen MR) is 48.4 cm³/mol. The standard InChI is InChI=1S/C9H16N2O/c1-11(2)9(12)7-3-5-8(10)6-4-7/h7,10H,3-6H2,1-2H3. The number of rotatable bonds is 1. The first kappa shape index (κ1) is 9.23. The summed E-state index contributed by atoms with van der Waals surface area (Å²) in [6.07, 6.45) is 3.36. The molecule has 0 atom stereocenters. The lowest BCUT2D eigenvalue weighted by Crippen LogP contribution is -2.32. The second-order valence-electron chi connectivity index (χ2n) is 3.61. The maximum Gasteiger partial charge on any atom is 0.225 e. The second-order valence-corrected chi connectivity index (χ2v) is 3.61. The van der Waals surface area contributed by atoms with Crippen molar-refractivity contribution in [3.05, 3.63) is 0 Å². The van der Waals surface area contributed by atoms with Crippen molar-refractivity contribution in [1.29, 1.82) is 5.41 Å². The van der Waals surface area contributed by atoms with Crippen molar-refractivity contribution in [1.82, 2.24) is 4.90 Å². The average Bonchev–Trinajstić information content (AvgIpc) is 2.04. The monoisotopic (exact) mass is 168 g/mol. The van der Waals surface area contributed by atoms with Crippen molar-refractivity contribution in [3.8, 4) is 0 Å². The van der Waals surface area contributed by atoms with Crippen LogP contribution in [0.25, 0.3) is 0 Å². The third-order valence-corrected chi connectivity index (χ3v) is 2.38. The van der Waals surface area contributed by atoms with Gasteiger partial charge in [0.1, 0.15) is 0 Å². The molecule has 68 valence electrons. The van der Waals surface area contributed by atoms with Crippen LogP contribution in [0.2, 0.25) is 0 Å². The van der Waals surface area contributed by atoms with Crippen LogP contribution in [0.5, 0.6) is 0 Å². The highest BCUT2D eigenvalue weighted by Crippen LogP contribution is 2.22. The fourth-order valence-corrected chi connectivity index (χ4v) is 1.58. The smallest absolute Gasteiger partial charge is 0.225 e. The van der Waals surface area contributed by atoms with Gasteiger partial charge in [0.2, 0.25) is 5.91 Å². The molecule has 0 saturated heterocycles. The molecule has 1 aliphatic carbocycles. The van der Waals surface area contributed by atoms with Gasteiger partial charge in [-0.3, -0.25) is 4.79 Å². The summed E-state index contributed by atoms with van der Waals surface area (Å²) in [4.78, 5) is 13.1. The molecule has 1 aliphatic rings. The molecular formula is C9H16N2O. The van der Waals surface area contributed by atoms with Gasteiger partial charge in [-0.15, -0.1) is 0 Å². The maximum absolute atomic E-state index is 11.5. The number of carbonyl (C=O) groups is 1. The first-order valence-electron chi connectivity index (χ1n) is 4.38. The van der Waals surface area contributed by atoms with Crippen molar-refractivity contribution in [3.63, 3.8) is 0 Å². The molecule has 1 N–H and O–H groups in total. The molecule has 3 heteroatoms. The summed E-state index contributed by atoms with van der Waals surface area (Å²) in [5.74, 6) is 0.400. The maximum atomic E-state index is 11.5. The highest BCUT2D eigenvalue weighted by Gasteiger charge is 2.24. The summed E-state index contributed by atoms with van der Waals surface area (Å²) in [5.41, 5.74) is 0.804. The van der Waals surface area contributed by atoms with Crippen molar-refractivity contribution < 1.29 is 4.79 Å². The van der Waals surface area contributed by atoms with Crippen LogP contribution in [0.1, 0.15) is 25.7 Å². The summed E-state index contributed by atoms with van der Waals surface area (Å²) in [6.45, 7) is 0. The average molecular weight is 168 g/mol. The van der Waals surface area contributed by atoms with Gasteiger partial charge >= 0.3 is 0 Å². The molecule has 0 spiro atoms. The molecule has 0 aromatic heterocycles. The quantitative estimate of drug-likeness (QED) is 0.630. The van der Waals surface area contributed by atoms with E-state index in [9.17, 15) is 4.79 Å². The Morgan fingerprint density at radius 2 is 1.92 bits per heavy atom. The zero-order valence-electron chi connectivity index (χ0n) is 7.76. The first-order valence-corrected chi connectivity index (χ1v) is 4.38. The lowest BCUT2D eigenvalue weighted by molar-refractivity contribution is -0.133. The topological polar surface area (TPSA) is 44.2 Å². The van der Waals surface area contributed by atoms with Gasteiger partial charge in [-0.1, -0.05) is 0 Å². The van der Waals surface area contributed by atoms with Gasteiger partial charge in [0.15, 0.2) is 0 Å². The van der Waals surface area contributed by atoms with Crippen LogP contribution in [0.3, 0.4) is 0 Å². The predicted octanol–water partition coefficient (Wildman–Crippen LogP) is 1.28. The van der Waals surface area contributed by atoms with E-state index in [1.54, 1.807) is 19.0 Å². The molecular weight excluding hydrogens is 152 g/mol. The Morgan fingerprint density at radius 1 is 1.42 bits per heavy atom. The lowest BCUT2D eigenvalue weighted by Gasteiger charge is -2.24. The Morgan fingerprint density at radius 3 is 2.33 bits per heavy atom. The molecule has 1 saturated carbocycles. The normalized spacial score (nSPS) is 23.8. The zero-order chi connectivity index (χ0) is 9.14. The highest BCUT2D eigenvalue weighted by atomic mass is 16.2. The van der Waals surface area contributed by atoms with Crippen molar-refractivity contribution in [2.45, 2.75) is 25.7 Å². The summed E-state index contributed by atoms with van der Waals surface area (Å²) in [7, 11) is 3.59. The Hall–Kier alpha value is -0.860. The summed E-state index contributed by atoms with van der Waals surface area (Å²) in [5, 5.41) is 7.40. The van der Waals surface area contributed by atoms with Gasteiger partial charge in [-0.25, -0.2) is 0 Å². The van der Waals surface area contributed by atoms with Crippen molar-refractivity contribution >= 4 is 11.6 Å². The van der Waals surface area contributed by atoms with Crippen LogP contribution in [-0.2, 0) is 4.79 Å². The molecule has 0 unspecified atom stereocenters. The molecule has 0 aromatic rings. The fraction of sp³-hybridized carbons (Fsp3) is 0.778. The summed E-state index contributed by atoms with van der Waals surface area (Å²) < 4.78 is 0. The van der Waals surface area contributed by atoms with E-state index < -0.39 is 0 Å². The number of hydrogen-bond acceptors (Lipinski definition) is 2. The molecule has 3 nitrogen and oxygen atoms in total. The Kier molecular flexibility index (Phi) is 2.84. The molecule has 12 heavy (non-hydrogen) atoms. The van der Waals surface area contributed by atoms with Crippen LogP contribution in [0.4, 0.5) is 0 Å². The number of nitrogens with one attached hydrogen (secondary N) is 1. The SMILES string of the molecule is CN(C)C(=O)C1CCC(=N)CC1. The van der Waals surface area contributed by atoms with Crippen LogP contribution >= 0.6 is 0 Å². The van der Waals surface area contributed by atoms with E-state index in [0.717, 1.165) is 31.4 Å². The molecule has 1 fully saturated rings. The number of carbonyl (C=O) groups excluding carboxylic acids is 1. The summed E-state index contributed by atoms with van der Waals surface area (Å²) >= 11 is 0. The third-order valence-electron chi connectivity index (χ3n) is 2.38. The fourth-order valence-electron chi connectivity index (χ4n) is 1.58. The molecule has 0 heterocycles. The van der Waals surface area contributed by atoms with Gasteiger partial charge in [-0.2, -0.15) is 0 Å². The Balaban J connectivity index is 2.44. The second kappa shape index (κ2) is 3.70. The van der Waals surface area contributed by atoms with Crippen LogP contribution in [0, 0.1) is 11.3 Å².